The Labute approximate surface area is 82.8 Å². The zero-order valence-corrected chi connectivity index (χ0v) is 8.78. The highest BCUT2D eigenvalue weighted by molar-refractivity contribution is 6.08. The van der Waals surface area contributed by atoms with Gasteiger partial charge in [0, 0.05) is 13.6 Å². The Morgan fingerprint density at radius 3 is 2.64 bits per heavy atom. The van der Waals surface area contributed by atoms with Crippen molar-refractivity contribution in [3.05, 3.63) is 26.8 Å². The lowest BCUT2D eigenvalue weighted by molar-refractivity contribution is 0.544. The average molecular weight is 195 g/mol. The summed E-state index contributed by atoms with van der Waals surface area (Å²) in [7, 11) is 3.63. The number of aryl methyl sites for hydroxylation is 1. The Kier molecular flexibility index (Phi) is 3.27. The molecule has 1 heterocycles. The van der Waals surface area contributed by atoms with Crippen molar-refractivity contribution in [3.63, 3.8) is 0 Å². The highest BCUT2D eigenvalue weighted by Crippen LogP contribution is 1.87. The zero-order valence-electron chi connectivity index (χ0n) is 8.78. The molecule has 0 aliphatic carbocycles. The molecule has 0 aromatic carbocycles. The molecule has 0 amide bonds. The number of nitrogens with zero attached hydrogens (tertiary/aromatic N) is 3. The van der Waals surface area contributed by atoms with Crippen LogP contribution >= 0.6 is 0 Å². The number of aromatic nitrogens is 3. The summed E-state index contributed by atoms with van der Waals surface area (Å²) < 4.78 is 2.56. The minimum atomic E-state index is -0.445. The van der Waals surface area contributed by atoms with E-state index in [1.807, 2.05) is 7.85 Å². The fourth-order valence-electron chi connectivity index (χ4n) is 1.18. The first-order valence-corrected chi connectivity index (χ1v) is 4.72. The van der Waals surface area contributed by atoms with Gasteiger partial charge in [0.05, 0.1) is 0 Å². The zero-order chi connectivity index (χ0) is 10.7. The molecule has 0 saturated heterocycles. The van der Waals surface area contributed by atoms with Crippen LogP contribution in [0.15, 0.2) is 9.59 Å². The summed E-state index contributed by atoms with van der Waals surface area (Å²) in [6.07, 6.45) is 1.77. The molecule has 0 N–H and O–H groups in total. The van der Waals surface area contributed by atoms with E-state index >= 15 is 0 Å². The van der Waals surface area contributed by atoms with Gasteiger partial charge in [-0.15, -0.1) is 0 Å². The van der Waals surface area contributed by atoms with Gasteiger partial charge in [-0.1, -0.05) is 6.32 Å². The van der Waals surface area contributed by atoms with Crippen molar-refractivity contribution in [1.82, 2.24) is 14.1 Å². The summed E-state index contributed by atoms with van der Waals surface area (Å²) in [5.41, 5.74) is -0.727. The Balaban J connectivity index is 3.23. The molecule has 0 bridgehead atoms. The third kappa shape index (κ3) is 1.94. The van der Waals surface area contributed by atoms with Gasteiger partial charge in [0.2, 0.25) is 0 Å². The van der Waals surface area contributed by atoms with Gasteiger partial charge in [-0.3, -0.25) is 4.57 Å². The van der Waals surface area contributed by atoms with Crippen LogP contribution in [0, 0.1) is 6.92 Å². The average Bonchev–Trinajstić information content (AvgIpc) is 2.14. The van der Waals surface area contributed by atoms with Gasteiger partial charge in [0.25, 0.3) is 0 Å². The van der Waals surface area contributed by atoms with Crippen molar-refractivity contribution < 1.29 is 0 Å². The third-order valence-electron chi connectivity index (χ3n) is 2.23. The first-order chi connectivity index (χ1) is 6.57. The monoisotopic (exact) mass is 195 g/mol. The topological polar surface area (TPSA) is 56.9 Å². The maximum absolute atomic E-state index is 11.6. The Bertz CT molecular complexity index is 435. The van der Waals surface area contributed by atoms with Crippen LogP contribution in [0.1, 0.15) is 12.2 Å². The van der Waals surface area contributed by atoms with Crippen molar-refractivity contribution in [3.8, 4) is 0 Å². The van der Waals surface area contributed by atoms with E-state index in [9.17, 15) is 9.59 Å². The Morgan fingerprint density at radius 1 is 1.43 bits per heavy atom. The molecule has 0 atom stereocenters. The second kappa shape index (κ2) is 4.26. The molecule has 0 aliphatic rings. The first kappa shape index (κ1) is 10.8. The van der Waals surface area contributed by atoms with Crippen molar-refractivity contribution in [2.75, 3.05) is 0 Å². The molecule has 1 rings (SSSR count). The Morgan fingerprint density at radius 2 is 2.07 bits per heavy atom. The van der Waals surface area contributed by atoms with E-state index < -0.39 is 5.69 Å². The summed E-state index contributed by atoms with van der Waals surface area (Å²) in [5, 5.41) is 0. The molecule has 6 heteroatoms. The first-order valence-electron chi connectivity index (χ1n) is 4.72. The van der Waals surface area contributed by atoms with E-state index in [0.717, 1.165) is 12.7 Å². The van der Waals surface area contributed by atoms with Gasteiger partial charge < -0.3 is 0 Å². The van der Waals surface area contributed by atoms with E-state index in [1.54, 1.807) is 14.0 Å². The van der Waals surface area contributed by atoms with Gasteiger partial charge >= 0.3 is 11.4 Å². The van der Waals surface area contributed by atoms with Gasteiger partial charge in [-0.2, -0.15) is 4.98 Å². The molecule has 14 heavy (non-hydrogen) atoms. The molecule has 0 aliphatic heterocycles. The molecular weight excluding hydrogens is 181 g/mol. The summed E-state index contributed by atoms with van der Waals surface area (Å²) in [6.45, 7) is 2.10. The fraction of sp³-hybridized carbons (Fsp3) is 0.625. The smallest absolute Gasteiger partial charge is 0.285 e. The van der Waals surface area contributed by atoms with E-state index in [-0.39, 0.29) is 5.69 Å². The largest absolute Gasteiger partial charge is 0.353 e. The van der Waals surface area contributed by atoms with E-state index in [4.69, 9.17) is 0 Å². The second-order valence-corrected chi connectivity index (χ2v) is 3.29. The van der Waals surface area contributed by atoms with E-state index in [0.29, 0.717) is 12.4 Å². The summed E-state index contributed by atoms with van der Waals surface area (Å²) in [6, 6.07) is 0. The molecule has 0 spiro atoms. The van der Waals surface area contributed by atoms with Crippen LogP contribution in [-0.4, -0.2) is 22.0 Å². The minimum absolute atomic E-state index is 0.282. The van der Waals surface area contributed by atoms with Crippen LogP contribution in [0.5, 0.6) is 0 Å². The summed E-state index contributed by atoms with van der Waals surface area (Å²) in [4.78, 5) is 26.7. The van der Waals surface area contributed by atoms with Gasteiger partial charge in [0.1, 0.15) is 13.7 Å². The predicted molar refractivity (Wildman–Crippen MR) is 56.4 cm³/mol. The van der Waals surface area contributed by atoms with Crippen LogP contribution in [0.3, 0.4) is 0 Å². The van der Waals surface area contributed by atoms with Gasteiger partial charge in [-0.05, 0) is 13.3 Å². The van der Waals surface area contributed by atoms with Gasteiger partial charge in [0.15, 0.2) is 0 Å². The highest BCUT2D eigenvalue weighted by Gasteiger charge is 2.05. The molecule has 1 aromatic heterocycles. The highest BCUT2D eigenvalue weighted by atomic mass is 16.2. The second-order valence-electron chi connectivity index (χ2n) is 3.29. The van der Waals surface area contributed by atoms with Crippen molar-refractivity contribution in [1.29, 1.82) is 0 Å². The number of rotatable bonds is 3. The lowest BCUT2D eigenvalue weighted by Crippen LogP contribution is -2.41. The molecule has 76 valence electrons. The maximum atomic E-state index is 11.6. The van der Waals surface area contributed by atoms with Crippen LogP contribution in [0.25, 0.3) is 0 Å². The predicted octanol–water partition coefficient (Wildman–Crippen LogP) is -1.31. The lowest BCUT2D eigenvalue weighted by atomic mass is 10.0. The van der Waals surface area contributed by atoms with Gasteiger partial charge in [-0.25, -0.2) is 14.2 Å². The molecule has 1 aromatic rings. The number of hydrogen-bond acceptors (Lipinski definition) is 3. The fourth-order valence-corrected chi connectivity index (χ4v) is 1.18. The third-order valence-corrected chi connectivity index (χ3v) is 2.23. The Hall–Kier alpha value is -1.33. The van der Waals surface area contributed by atoms with Crippen molar-refractivity contribution in [2.24, 2.45) is 7.05 Å². The molecule has 5 nitrogen and oxygen atoms in total. The molecule has 0 unspecified atom stereocenters. The molecule has 0 saturated carbocycles. The maximum Gasteiger partial charge on any atom is 0.353 e. The quantitative estimate of drug-likeness (QED) is 0.562. The summed E-state index contributed by atoms with van der Waals surface area (Å²) in [5.74, 6) is 0.452. The van der Waals surface area contributed by atoms with Crippen LogP contribution < -0.4 is 11.4 Å². The standard InChI is InChI=1S/C8H14BN3O2/c1-6-10-7(13)12(5-3-4-9)8(14)11(6)2/h3-5,9H2,1-2H3. The van der Waals surface area contributed by atoms with E-state index in [1.165, 1.54) is 9.13 Å². The summed E-state index contributed by atoms with van der Waals surface area (Å²) >= 11 is 0. The van der Waals surface area contributed by atoms with Crippen LogP contribution in [-0.2, 0) is 13.6 Å². The molecule has 0 fully saturated rings. The normalized spacial score (nSPS) is 10.4. The molecule has 0 radical (unpaired) electrons. The molecular formula is C8H14BN3O2. The minimum Gasteiger partial charge on any atom is -0.285 e. The van der Waals surface area contributed by atoms with Crippen LogP contribution in [0.4, 0.5) is 0 Å². The van der Waals surface area contributed by atoms with Crippen molar-refractivity contribution in [2.45, 2.75) is 26.2 Å². The SMILES string of the molecule is BCCCn1c(=O)nc(C)n(C)c1=O. The lowest BCUT2D eigenvalue weighted by Gasteiger charge is -2.06. The van der Waals surface area contributed by atoms with Crippen molar-refractivity contribution >= 4 is 7.85 Å². The van der Waals surface area contributed by atoms with E-state index in [2.05, 4.69) is 4.98 Å². The van der Waals surface area contributed by atoms with Crippen LogP contribution in [0.2, 0.25) is 6.32 Å². The number of hydrogen-bond donors (Lipinski definition) is 0.